The monoisotopic (exact) mass is 307 g/mol. The standard InChI is InChI=1S/C13H25NO5S/c1-12(2,3)19-11(18)14-9(10(16)17)8-20-13(4,5)6-7-15/h9,15H,6-8H2,1-5H3,(H,14,18)(H,16,17). The van der Waals surface area contributed by atoms with Crippen LogP contribution in [-0.2, 0) is 9.53 Å². The van der Waals surface area contributed by atoms with Crippen LogP contribution in [0.1, 0.15) is 41.0 Å². The lowest BCUT2D eigenvalue weighted by Gasteiger charge is -2.26. The Balaban J connectivity index is 4.45. The van der Waals surface area contributed by atoms with Gasteiger partial charge in [-0.05, 0) is 27.2 Å². The fourth-order valence-corrected chi connectivity index (χ4v) is 2.35. The highest BCUT2D eigenvalue weighted by Gasteiger charge is 2.27. The second kappa shape index (κ2) is 7.73. The van der Waals surface area contributed by atoms with Crippen LogP contribution >= 0.6 is 11.8 Å². The molecule has 1 unspecified atom stereocenters. The lowest BCUT2D eigenvalue weighted by atomic mass is 10.1. The van der Waals surface area contributed by atoms with Crippen LogP contribution in [-0.4, -0.2) is 51.0 Å². The number of carboxylic acid groups (broad SMARTS) is 1. The van der Waals surface area contributed by atoms with Crippen molar-refractivity contribution in [3.05, 3.63) is 0 Å². The van der Waals surface area contributed by atoms with Crippen molar-refractivity contribution in [2.24, 2.45) is 0 Å². The first-order valence-corrected chi connectivity index (χ1v) is 7.42. The number of carboxylic acids is 1. The van der Waals surface area contributed by atoms with E-state index >= 15 is 0 Å². The van der Waals surface area contributed by atoms with Gasteiger partial charge in [-0.25, -0.2) is 9.59 Å². The van der Waals surface area contributed by atoms with E-state index in [1.807, 2.05) is 13.8 Å². The van der Waals surface area contributed by atoms with Gasteiger partial charge in [-0.2, -0.15) is 11.8 Å². The number of amides is 1. The Hall–Kier alpha value is -0.950. The van der Waals surface area contributed by atoms with Gasteiger partial charge in [0.2, 0.25) is 0 Å². The Morgan fingerprint density at radius 2 is 1.80 bits per heavy atom. The quantitative estimate of drug-likeness (QED) is 0.664. The van der Waals surface area contributed by atoms with Gasteiger partial charge in [-0.1, -0.05) is 13.8 Å². The van der Waals surface area contributed by atoms with E-state index < -0.39 is 23.7 Å². The topological polar surface area (TPSA) is 95.9 Å². The number of ether oxygens (including phenoxy) is 1. The summed E-state index contributed by atoms with van der Waals surface area (Å²) in [7, 11) is 0. The number of aliphatic hydroxyl groups excluding tert-OH is 1. The number of hydrogen-bond donors (Lipinski definition) is 3. The maximum absolute atomic E-state index is 11.6. The van der Waals surface area contributed by atoms with Crippen molar-refractivity contribution >= 4 is 23.8 Å². The molecule has 3 N–H and O–H groups in total. The second-order valence-electron chi connectivity index (χ2n) is 6.08. The predicted octanol–water partition coefficient (Wildman–Crippen LogP) is 1.86. The number of rotatable bonds is 7. The molecular weight excluding hydrogens is 282 g/mol. The fourth-order valence-electron chi connectivity index (χ4n) is 1.27. The summed E-state index contributed by atoms with van der Waals surface area (Å²) in [6.45, 7) is 9.00. The van der Waals surface area contributed by atoms with E-state index in [4.69, 9.17) is 14.9 Å². The molecule has 0 aromatic heterocycles. The van der Waals surface area contributed by atoms with Gasteiger partial charge in [0.15, 0.2) is 0 Å². The molecule has 1 atom stereocenters. The minimum absolute atomic E-state index is 0.0389. The number of aliphatic carboxylic acids is 1. The SMILES string of the molecule is CC(C)(C)OC(=O)NC(CSC(C)(C)CCO)C(=O)O. The molecule has 1 amide bonds. The van der Waals surface area contributed by atoms with Crippen LogP contribution in [0, 0.1) is 0 Å². The van der Waals surface area contributed by atoms with Crippen LogP contribution in [0.2, 0.25) is 0 Å². The summed E-state index contributed by atoms with van der Waals surface area (Å²) >= 11 is 1.39. The van der Waals surface area contributed by atoms with Gasteiger partial charge in [0.25, 0.3) is 0 Å². The zero-order valence-electron chi connectivity index (χ0n) is 12.7. The largest absolute Gasteiger partial charge is 0.480 e. The van der Waals surface area contributed by atoms with Gasteiger partial charge in [0.05, 0.1) is 0 Å². The smallest absolute Gasteiger partial charge is 0.408 e. The molecule has 0 aliphatic heterocycles. The van der Waals surface area contributed by atoms with E-state index in [1.54, 1.807) is 20.8 Å². The highest BCUT2D eigenvalue weighted by molar-refractivity contribution is 8.00. The Kier molecular flexibility index (Phi) is 7.37. The fraction of sp³-hybridized carbons (Fsp3) is 0.846. The molecule has 0 saturated carbocycles. The third kappa shape index (κ3) is 9.03. The molecule has 0 aliphatic carbocycles. The molecule has 20 heavy (non-hydrogen) atoms. The normalized spacial score (nSPS) is 13.7. The van der Waals surface area contributed by atoms with Crippen molar-refractivity contribution in [1.29, 1.82) is 0 Å². The highest BCUT2D eigenvalue weighted by Crippen LogP contribution is 2.28. The maximum Gasteiger partial charge on any atom is 0.408 e. The van der Waals surface area contributed by atoms with Gasteiger partial charge in [0.1, 0.15) is 11.6 Å². The molecule has 0 saturated heterocycles. The van der Waals surface area contributed by atoms with E-state index in [-0.39, 0.29) is 17.1 Å². The third-order valence-corrected chi connectivity index (χ3v) is 3.83. The molecule has 0 spiro atoms. The molecule has 6 nitrogen and oxygen atoms in total. The van der Waals surface area contributed by atoms with Gasteiger partial charge in [-0.15, -0.1) is 0 Å². The van der Waals surface area contributed by atoms with Crippen molar-refractivity contribution in [2.45, 2.75) is 57.4 Å². The average Bonchev–Trinajstić information content (AvgIpc) is 2.21. The summed E-state index contributed by atoms with van der Waals surface area (Å²) in [4.78, 5) is 22.7. The van der Waals surface area contributed by atoms with Gasteiger partial charge in [-0.3, -0.25) is 0 Å². The van der Waals surface area contributed by atoms with Crippen molar-refractivity contribution < 1.29 is 24.5 Å². The zero-order chi connectivity index (χ0) is 16.0. The Morgan fingerprint density at radius 3 is 2.20 bits per heavy atom. The lowest BCUT2D eigenvalue weighted by molar-refractivity contribution is -0.138. The Bertz CT molecular complexity index is 338. The predicted molar refractivity (Wildman–Crippen MR) is 79.0 cm³/mol. The molecule has 0 aromatic carbocycles. The summed E-state index contributed by atoms with van der Waals surface area (Å²) in [5, 5.41) is 20.4. The van der Waals surface area contributed by atoms with Crippen LogP contribution < -0.4 is 5.32 Å². The van der Waals surface area contributed by atoms with Crippen LogP contribution in [0.25, 0.3) is 0 Å². The van der Waals surface area contributed by atoms with E-state index in [2.05, 4.69) is 5.32 Å². The molecule has 0 rings (SSSR count). The number of thioether (sulfide) groups is 1. The Morgan fingerprint density at radius 1 is 1.25 bits per heavy atom. The molecule has 0 aliphatic rings. The van der Waals surface area contributed by atoms with Crippen LogP contribution in [0.3, 0.4) is 0 Å². The number of carbonyl (C=O) groups is 2. The van der Waals surface area contributed by atoms with E-state index in [0.29, 0.717) is 6.42 Å². The van der Waals surface area contributed by atoms with Crippen molar-refractivity contribution in [3.8, 4) is 0 Å². The molecule has 7 heteroatoms. The molecular formula is C13H25NO5S. The summed E-state index contributed by atoms with van der Waals surface area (Å²) in [6.07, 6.45) is -0.193. The van der Waals surface area contributed by atoms with E-state index in [1.165, 1.54) is 11.8 Å². The van der Waals surface area contributed by atoms with E-state index in [0.717, 1.165) is 0 Å². The second-order valence-corrected chi connectivity index (χ2v) is 7.81. The maximum atomic E-state index is 11.6. The van der Waals surface area contributed by atoms with Crippen LogP contribution in [0.4, 0.5) is 4.79 Å². The van der Waals surface area contributed by atoms with E-state index in [9.17, 15) is 9.59 Å². The minimum atomic E-state index is -1.11. The van der Waals surface area contributed by atoms with Crippen molar-refractivity contribution in [2.75, 3.05) is 12.4 Å². The molecule has 0 heterocycles. The number of hydrogen-bond acceptors (Lipinski definition) is 5. The summed E-state index contributed by atoms with van der Waals surface area (Å²) in [6, 6.07) is -1.02. The lowest BCUT2D eigenvalue weighted by Crippen LogP contribution is -2.45. The number of aliphatic hydroxyl groups is 1. The van der Waals surface area contributed by atoms with Crippen molar-refractivity contribution in [1.82, 2.24) is 5.32 Å². The number of carbonyl (C=O) groups excluding carboxylic acids is 1. The molecule has 0 fully saturated rings. The number of alkyl carbamates (subject to hydrolysis) is 1. The molecule has 0 aromatic rings. The first-order valence-electron chi connectivity index (χ1n) is 6.44. The zero-order valence-corrected chi connectivity index (χ0v) is 13.5. The van der Waals surface area contributed by atoms with Crippen LogP contribution in [0.15, 0.2) is 0 Å². The van der Waals surface area contributed by atoms with Crippen LogP contribution in [0.5, 0.6) is 0 Å². The summed E-state index contributed by atoms with van der Waals surface area (Å²) in [5.41, 5.74) is -0.670. The highest BCUT2D eigenvalue weighted by atomic mass is 32.2. The van der Waals surface area contributed by atoms with Gasteiger partial charge < -0.3 is 20.3 Å². The molecule has 0 radical (unpaired) electrons. The first-order chi connectivity index (χ1) is 8.97. The summed E-state index contributed by atoms with van der Waals surface area (Å²) in [5.74, 6) is -0.898. The number of nitrogens with one attached hydrogen (secondary N) is 1. The molecule has 0 bridgehead atoms. The minimum Gasteiger partial charge on any atom is -0.480 e. The van der Waals surface area contributed by atoms with Crippen molar-refractivity contribution in [3.63, 3.8) is 0 Å². The third-order valence-electron chi connectivity index (χ3n) is 2.34. The van der Waals surface area contributed by atoms with Gasteiger partial charge >= 0.3 is 12.1 Å². The first kappa shape index (κ1) is 19.1. The molecule has 118 valence electrons. The summed E-state index contributed by atoms with van der Waals surface area (Å²) < 4.78 is 4.78. The Labute approximate surface area is 124 Å². The average molecular weight is 307 g/mol. The van der Waals surface area contributed by atoms with Gasteiger partial charge in [0, 0.05) is 17.1 Å².